The van der Waals surface area contributed by atoms with E-state index in [1.807, 2.05) is 14.1 Å². The molecule has 0 aliphatic heterocycles. The van der Waals surface area contributed by atoms with Crippen LogP contribution in [0.15, 0.2) is 0 Å². The Morgan fingerprint density at radius 3 is 1.42 bits per heavy atom. The van der Waals surface area contributed by atoms with Crippen molar-refractivity contribution in [3.8, 4) is 0 Å². The molecule has 1 amide bonds. The molecule has 0 aliphatic carbocycles. The lowest BCUT2D eigenvalue weighted by molar-refractivity contribution is -0.883. The summed E-state index contributed by atoms with van der Waals surface area (Å²) in [5.41, 5.74) is 0. The summed E-state index contributed by atoms with van der Waals surface area (Å²) in [6, 6.07) is 0. The summed E-state index contributed by atoms with van der Waals surface area (Å²) in [4.78, 5) is 23.4. The average Bonchev–Trinajstić information content (AvgIpc) is 2.83. The summed E-state index contributed by atoms with van der Waals surface area (Å²) < 4.78 is 5.32. The van der Waals surface area contributed by atoms with E-state index in [0.29, 0.717) is 24.0 Å². The number of ether oxygens (including phenoxy) is 1. The van der Waals surface area contributed by atoms with Crippen molar-refractivity contribution in [1.82, 2.24) is 5.32 Å². The maximum Gasteiger partial charge on any atom is 0.361 e. The molecule has 0 bridgehead atoms. The van der Waals surface area contributed by atoms with E-state index in [4.69, 9.17) is 4.74 Å². The summed E-state index contributed by atoms with van der Waals surface area (Å²) in [6.45, 7) is 4.17. The van der Waals surface area contributed by atoms with Crippen molar-refractivity contribution < 1.29 is 31.2 Å². The first-order valence-corrected chi connectivity index (χ1v) is 15.1. The highest BCUT2D eigenvalue weighted by molar-refractivity contribution is 5.75. The number of carbonyl (C=O) groups is 2. The van der Waals surface area contributed by atoms with Gasteiger partial charge in [-0.2, -0.15) is 0 Å². The van der Waals surface area contributed by atoms with Gasteiger partial charge in [-0.1, -0.05) is 122 Å². The van der Waals surface area contributed by atoms with E-state index in [-0.39, 0.29) is 24.3 Å². The van der Waals surface area contributed by atoms with E-state index in [1.54, 1.807) is 0 Å². The van der Waals surface area contributed by atoms with Crippen LogP contribution in [0.5, 0.6) is 0 Å². The summed E-state index contributed by atoms with van der Waals surface area (Å²) >= 11 is 0. The molecule has 5 nitrogen and oxygen atoms in total. The highest BCUT2D eigenvalue weighted by Crippen LogP contribution is 2.14. The molecular formula is C30H61ClN2O3. The van der Waals surface area contributed by atoms with Gasteiger partial charge in [-0.05, 0) is 6.42 Å². The first-order valence-electron chi connectivity index (χ1n) is 15.1. The van der Waals surface area contributed by atoms with Crippen LogP contribution < -0.4 is 17.7 Å². The van der Waals surface area contributed by atoms with Crippen LogP contribution in [0.25, 0.3) is 0 Å². The predicted molar refractivity (Wildman–Crippen MR) is 149 cm³/mol. The fourth-order valence-electron chi connectivity index (χ4n) is 4.68. The number of quaternary nitrogens is 1. The zero-order valence-electron chi connectivity index (χ0n) is 24.5. The van der Waals surface area contributed by atoms with Crippen LogP contribution in [0.1, 0.15) is 142 Å². The number of unbranched alkanes of at least 4 members (excludes halogenated alkanes) is 18. The van der Waals surface area contributed by atoms with Crippen molar-refractivity contribution in [2.45, 2.75) is 142 Å². The Morgan fingerprint density at radius 2 is 1.03 bits per heavy atom. The van der Waals surface area contributed by atoms with Gasteiger partial charge in [0.15, 0.2) is 6.54 Å². The number of amides is 1. The Morgan fingerprint density at radius 1 is 0.639 bits per heavy atom. The van der Waals surface area contributed by atoms with E-state index >= 15 is 0 Å². The molecule has 0 aromatic heterocycles. The number of rotatable bonds is 26. The summed E-state index contributed by atoms with van der Waals surface area (Å²) in [6.07, 6.45) is 27.5. The van der Waals surface area contributed by atoms with Crippen molar-refractivity contribution in [2.24, 2.45) is 0 Å². The zero-order valence-corrected chi connectivity index (χ0v) is 25.3. The third kappa shape index (κ3) is 27.8. The molecule has 0 saturated heterocycles. The molecule has 6 heteroatoms. The molecule has 0 aromatic rings. The standard InChI is InChI=1S/C30H60N2O3.ClH/c1-5-6-7-8-9-10-11-12-13-14-15-16-17-18-19-20-21-22-23-25-29(33)31-26-24-27-32(2,3)28-30(34)35-4;/h5-28H2,1-4H3;1H. The third-order valence-electron chi connectivity index (χ3n) is 7.05. The maximum atomic E-state index is 12.0. The molecule has 0 unspecified atom stereocenters. The lowest BCUT2D eigenvalue weighted by atomic mass is 10.0. The number of nitrogens with one attached hydrogen (secondary N) is 1. The molecule has 0 aliphatic rings. The van der Waals surface area contributed by atoms with Gasteiger partial charge in [0.25, 0.3) is 0 Å². The second kappa shape index (κ2) is 27.2. The molecule has 1 N–H and O–H groups in total. The predicted octanol–water partition coefficient (Wildman–Crippen LogP) is 4.57. The second-order valence-corrected chi connectivity index (χ2v) is 11.2. The van der Waals surface area contributed by atoms with E-state index < -0.39 is 0 Å². The van der Waals surface area contributed by atoms with Gasteiger partial charge in [0, 0.05) is 19.4 Å². The topological polar surface area (TPSA) is 55.4 Å². The quantitative estimate of drug-likeness (QED) is 0.101. The molecule has 0 saturated carbocycles. The van der Waals surface area contributed by atoms with Crippen LogP contribution in [0.2, 0.25) is 0 Å². The fraction of sp³-hybridized carbons (Fsp3) is 0.933. The van der Waals surface area contributed by atoms with Crippen molar-refractivity contribution in [3.05, 3.63) is 0 Å². The Balaban J connectivity index is 0. The molecule has 0 radical (unpaired) electrons. The number of likely N-dealkylation sites (N-methyl/N-ethyl adjacent to an activating group) is 1. The molecule has 0 heterocycles. The minimum Gasteiger partial charge on any atom is -1.00 e. The minimum absolute atomic E-state index is 0. The number of nitrogens with zero attached hydrogens (tertiary/aromatic N) is 1. The number of hydrogen-bond acceptors (Lipinski definition) is 3. The van der Waals surface area contributed by atoms with E-state index in [1.165, 1.54) is 116 Å². The molecule has 216 valence electrons. The van der Waals surface area contributed by atoms with Gasteiger partial charge in [0.05, 0.1) is 27.7 Å². The average molecular weight is 533 g/mol. The number of esters is 1. The van der Waals surface area contributed by atoms with E-state index in [0.717, 1.165) is 25.8 Å². The third-order valence-corrected chi connectivity index (χ3v) is 7.05. The van der Waals surface area contributed by atoms with Crippen molar-refractivity contribution in [1.29, 1.82) is 0 Å². The highest BCUT2D eigenvalue weighted by atomic mass is 35.5. The first-order chi connectivity index (χ1) is 16.9. The van der Waals surface area contributed by atoms with E-state index in [9.17, 15) is 9.59 Å². The fourth-order valence-corrected chi connectivity index (χ4v) is 4.68. The zero-order chi connectivity index (χ0) is 26.0. The van der Waals surface area contributed by atoms with Crippen molar-refractivity contribution in [3.63, 3.8) is 0 Å². The number of hydrogen-bond donors (Lipinski definition) is 1. The SMILES string of the molecule is CCCCCCCCCCCCCCCCCCCCCC(=O)NCCC[N+](C)(C)CC(=O)OC.[Cl-]. The van der Waals surface area contributed by atoms with Gasteiger partial charge in [-0.3, -0.25) is 4.79 Å². The van der Waals surface area contributed by atoms with E-state index in [2.05, 4.69) is 12.2 Å². The molecule has 0 aromatic carbocycles. The molecule has 0 fully saturated rings. The minimum atomic E-state index is -0.191. The van der Waals surface area contributed by atoms with Gasteiger partial charge in [-0.25, -0.2) is 4.79 Å². The Hall–Kier alpha value is -0.810. The van der Waals surface area contributed by atoms with Crippen LogP contribution in [0.4, 0.5) is 0 Å². The summed E-state index contributed by atoms with van der Waals surface area (Å²) in [5, 5.41) is 3.02. The maximum absolute atomic E-state index is 12.0. The molecule has 0 spiro atoms. The molecule has 0 rings (SSSR count). The van der Waals surface area contributed by atoms with Crippen molar-refractivity contribution in [2.75, 3.05) is 40.8 Å². The van der Waals surface area contributed by atoms with Crippen LogP contribution in [-0.2, 0) is 14.3 Å². The largest absolute Gasteiger partial charge is 1.00 e. The Kier molecular flexibility index (Phi) is 28.2. The highest BCUT2D eigenvalue weighted by Gasteiger charge is 2.19. The Labute approximate surface area is 230 Å². The smallest absolute Gasteiger partial charge is 0.361 e. The number of carbonyl (C=O) groups excluding carboxylic acids is 2. The molecular weight excluding hydrogens is 472 g/mol. The van der Waals surface area contributed by atoms with Gasteiger partial charge in [-0.15, -0.1) is 0 Å². The van der Waals surface area contributed by atoms with Gasteiger partial charge >= 0.3 is 5.97 Å². The monoisotopic (exact) mass is 532 g/mol. The molecule has 36 heavy (non-hydrogen) atoms. The van der Waals surface area contributed by atoms with Crippen LogP contribution >= 0.6 is 0 Å². The lowest BCUT2D eigenvalue weighted by Gasteiger charge is -2.28. The van der Waals surface area contributed by atoms with Crippen LogP contribution in [-0.4, -0.2) is 57.2 Å². The number of methoxy groups -OCH3 is 1. The first kappa shape index (κ1) is 37.3. The Bertz CT molecular complexity index is 501. The summed E-state index contributed by atoms with van der Waals surface area (Å²) in [5.74, 6) is -0.0290. The van der Waals surface area contributed by atoms with Gasteiger partial charge < -0.3 is 26.9 Å². The van der Waals surface area contributed by atoms with Gasteiger partial charge in [0.2, 0.25) is 5.91 Å². The number of halogens is 1. The second-order valence-electron chi connectivity index (χ2n) is 11.2. The van der Waals surface area contributed by atoms with Gasteiger partial charge in [0.1, 0.15) is 0 Å². The normalized spacial score (nSPS) is 11.2. The molecule has 0 atom stereocenters. The lowest BCUT2D eigenvalue weighted by Crippen LogP contribution is -3.00. The van der Waals surface area contributed by atoms with Crippen LogP contribution in [0.3, 0.4) is 0 Å². The summed E-state index contributed by atoms with van der Waals surface area (Å²) in [7, 11) is 5.44. The van der Waals surface area contributed by atoms with Crippen LogP contribution in [0, 0.1) is 0 Å². The van der Waals surface area contributed by atoms with Crippen molar-refractivity contribution >= 4 is 11.9 Å².